The van der Waals surface area contributed by atoms with Crippen molar-refractivity contribution >= 4 is 76.7 Å². The lowest BCUT2D eigenvalue weighted by Crippen LogP contribution is -2.20. The van der Waals surface area contributed by atoms with Gasteiger partial charge in [0.15, 0.2) is 5.58 Å². The Morgan fingerprint density at radius 1 is 0.582 bits per heavy atom. The number of furan rings is 1. The Balaban J connectivity index is 1.18. The smallest absolute Gasteiger partial charge is 0.417 e. The summed E-state index contributed by atoms with van der Waals surface area (Å²) in [5, 5.41) is 4.63. The van der Waals surface area contributed by atoms with Gasteiger partial charge in [0.2, 0.25) is 0 Å². The zero-order valence-electron chi connectivity index (χ0n) is 36.2. The van der Waals surface area contributed by atoms with Crippen LogP contribution in [0.4, 0.5) is 13.2 Å². The molecule has 0 fully saturated rings. The molecule has 0 aliphatic rings. The fourth-order valence-electron chi connectivity index (χ4n) is 10.5. The standard InChI is InChI=1S/C58H38F3N5O/c1-57(2,35-16-5-3-6-17-35)45-30-29-37(34-32-43-39-21-10-12-28-49(39)67-54(43)48(33-34)66-47-27-11-9-20-38(47)40-24-15-31-62-55(40)66)52-53(45)65(36-18-7-4-8-19-36)56(64-52)42-23-13-22-41-50-44(58(59,60)61)25-14-26-46(50)63-51(41)42/h3-33,63H,1-2H3. The Hall–Kier alpha value is -8.43. The van der Waals surface area contributed by atoms with Gasteiger partial charge in [0.1, 0.15) is 17.1 Å². The van der Waals surface area contributed by atoms with E-state index in [9.17, 15) is 13.2 Å². The monoisotopic (exact) mass is 877 g/mol. The second-order valence-corrected chi connectivity index (χ2v) is 17.7. The Labute approximate surface area is 381 Å². The van der Waals surface area contributed by atoms with Crippen molar-refractivity contribution in [2.24, 2.45) is 0 Å². The van der Waals surface area contributed by atoms with Gasteiger partial charge >= 0.3 is 6.18 Å². The van der Waals surface area contributed by atoms with E-state index in [4.69, 9.17) is 14.4 Å². The predicted molar refractivity (Wildman–Crippen MR) is 264 cm³/mol. The number of rotatable bonds is 6. The molecule has 0 bridgehead atoms. The summed E-state index contributed by atoms with van der Waals surface area (Å²) < 4.78 is 55.2. The molecule has 0 radical (unpaired) electrons. The number of fused-ring (bicyclic) bond motifs is 10. The van der Waals surface area contributed by atoms with E-state index in [0.717, 1.165) is 94.6 Å². The predicted octanol–water partition coefficient (Wildman–Crippen LogP) is 15.7. The molecule has 5 heterocycles. The summed E-state index contributed by atoms with van der Waals surface area (Å²) in [6.45, 7) is 4.46. The molecule has 0 saturated carbocycles. The Kier molecular flexibility index (Phi) is 8.31. The van der Waals surface area contributed by atoms with E-state index >= 15 is 0 Å². The van der Waals surface area contributed by atoms with Crippen molar-refractivity contribution < 1.29 is 17.6 Å². The third-order valence-electron chi connectivity index (χ3n) is 13.6. The number of H-pyrrole nitrogens is 1. The summed E-state index contributed by atoms with van der Waals surface area (Å²) in [7, 11) is 0. The molecule has 0 saturated heterocycles. The van der Waals surface area contributed by atoms with Crippen molar-refractivity contribution in [3.63, 3.8) is 0 Å². The number of aromatic amines is 1. The number of para-hydroxylation sites is 4. The van der Waals surface area contributed by atoms with Gasteiger partial charge in [0, 0.05) is 66.3 Å². The number of pyridine rings is 1. The second kappa shape index (κ2) is 14.3. The van der Waals surface area contributed by atoms with Crippen LogP contribution in [-0.4, -0.2) is 24.1 Å². The SMILES string of the molecule is CC(C)(c1ccccc1)c1ccc(-c2cc(-n3c4ccccc4c4cccnc43)c3oc4ccccc4c3c2)c2nc(-c3cccc4c3[nH]c3cccc(C(F)(F)F)c34)n(-c3ccccc3)c12. The zero-order chi connectivity index (χ0) is 45.2. The van der Waals surface area contributed by atoms with Crippen LogP contribution in [0.15, 0.2) is 193 Å². The molecular formula is C58H38F3N5O. The lowest BCUT2D eigenvalue weighted by atomic mass is 9.77. The first-order chi connectivity index (χ1) is 32.6. The van der Waals surface area contributed by atoms with Crippen molar-refractivity contribution in [3.8, 4) is 33.9 Å². The highest BCUT2D eigenvalue weighted by Crippen LogP contribution is 2.47. The van der Waals surface area contributed by atoms with E-state index < -0.39 is 17.2 Å². The zero-order valence-corrected chi connectivity index (χ0v) is 36.2. The quantitative estimate of drug-likeness (QED) is 0.181. The first-order valence-electron chi connectivity index (χ1n) is 22.2. The number of nitrogens with one attached hydrogen (secondary N) is 1. The van der Waals surface area contributed by atoms with Gasteiger partial charge in [0.25, 0.3) is 0 Å². The Bertz CT molecular complexity index is 4070. The molecule has 322 valence electrons. The van der Waals surface area contributed by atoms with Crippen LogP contribution in [0.25, 0.3) is 111 Å². The summed E-state index contributed by atoms with van der Waals surface area (Å²) in [6, 6.07) is 59.6. The normalized spacial score (nSPS) is 12.6. The molecule has 1 N–H and O–H groups in total. The van der Waals surface area contributed by atoms with Crippen LogP contribution >= 0.6 is 0 Å². The van der Waals surface area contributed by atoms with E-state index in [-0.39, 0.29) is 5.39 Å². The number of nitrogens with zero attached hydrogens (tertiary/aromatic N) is 4. The van der Waals surface area contributed by atoms with Crippen molar-refractivity contribution in [1.82, 2.24) is 24.1 Å². The molecule has 0 amide bonds. The minimum Gasteiger partial charge on any atom is -0.454 e. The van der Waals surface area contributed by atoms with Crippen LogP contribution in [0, 0.1) is 0 Å². The van der Waals surface area contributed by atoms with Crippen LogP contribution < -0.4 is 0 Å². The highest BCUT2D eigenvalue weighted by molar-refractivity contribution is 6.15. The van der Waals surface area contributed by atoms with Gasteiger partial charge in [-0.25, -0.2) is 9.97 Å². The summed E-state index contributed by atoms with van der Waals surface area (Å²) in [5.41, 5.74) is 11.0. The van der Waals surface area contributed by atoms with Gasteiger partial charge in [0.05, 0.1) is 33.3 Å². The van der Waals surface area contributed by atoms with Gasteiger partial charge in [-0.05, 0) is 83.4 Å². The number of halogens is 3. The maximum absolute atomic E-state index is 14.7. The fourth-order valence-corrected chi connectivity index (χ4v) is 10.5. The number of benzene rings is 8. The molecule has 0 aliphatic heterocycles. The third kappa shape index (κ3) is 5.77. The Morgan fingerprint density at radius 3 is 2.12 bits per heavy atom. The van der Waals surface area contributed by atoms with Gasteiger partial charge in [-0.2, -0.15) is 13.2 Å². The van der Waals surface area contributed by atoms with Crippen molar-refractivity contribution in [2.75, 3.05) is 0 Å². The molecule has 8 aromatic carbocycles. The minimum absolute atomic E-state index is 0.133. The molecule has 0 spiro atoms. The molecule has 6 nitrogen and oxygen atoms in total. The number of alkyl halides is 3. The van der Waals surface area contributed by atoms with Crippen molar-refractivity contribution in [1.29, 1.82) is 0 Å². The van der Waals surface area contributed by atoms with Crippen molar-refractivity contribution in [2.45, 2.75) is 25.4 Å². The van der Waals surface area contributed by atoms with Crippen LogP contribution in [0.3, 0.4) is 0 Å². The minimum atomic E-state index is -4.55. The fraction of sp³-hybridized carbons (Fsp3) is 0.0690. The summed E-state index contributed by atoms with van der Waals surface area (Å²) in [6.07, 6.45) is -2.73. The molecule has 0 atom stereocenters. The summed E-state index contributed by atoms with van der Waals surface area (Å²) in [4.78, 5) is 14.1. The summed E-state index contributed by atoms with van der Waals surface area (Å²) in [5.74, 6) is 0.589. The second-order valence-electron chi connectivity index (χ2n) is 17.7. The topological polar surface area (TPSA) is 64.6 Å². The molecule has 5 aromatic heterocycles. The maximum Gasteiger partial charge on any atom is 0.417 e. The van der Waals surface area contributed by atoms with Gasteiger partial charge in [-0.3, -0.25) is 9.13 Å². The van der Waals surface area contributed by atoms with Gasteiger partial charge in [-0.15, -0.1) is 0 Å². The maximum atomic E-state index is 14.7. The lowest BCUT2D eigenvalue weighted by molar-refractivity contribution is -0.136. The van der Waals surface area contributed by atoms with E-state index in [1.165, 1.54) is 6.07 Å². The first-order valence-corrected chi connectivity index (χ1v) is 22.2. The van der Waals surface area contributed by atoms with Crippen molar-refractivity contribution in [3.05, 3.63) is 205 Å². The third-order valence-corrected chi connectivity index (χ3v) is 13.6. The molecule has 0 aliphatic carbocycles. The van der Waals surface area contributed by atoms with E-state index in [2.05, 4.69) is 113 Å². The van der Waals surface area contributed by atoms with Crippen LogP contribution in [0.5, 0.6) is 0 Å². The van der Waals surface area contributed by atoms with Crippen LogP contribution in [-0.2, 0) is 11.6 Å². The molecule has 0 unspecified atom stereocenters. The largest absolute Gasteiger partial charge is 0.454 e. The van der Waals surface area contributed by atoms with Crippen LogP contribution in [0.2, 0.25) is 0 Å². The molecule has 67 heavy (non-hydrogen) atoms. The van der Waals surface area contributed by atoms with Crippen LogP contribution in [0.1, 0.15) is 30.5 Å². The number of aromatic nitrogens is 5. The summed E-state index contributed by atoms with van der Waals surface area (Å²) >= 11 is 0. The number of hydrogen-bond donors (Lipinski definition) is 1. The van der Waals surface area contributed by atoms with E-state index in [1.807, 2.05) is 79.0 Å². The average Bonchev–Trinajstić information content (AvgIpc) is 4.13. The Morgan fingerprint density at radius 2 is 1.30 bits per heavy atom. The average molecular weight is 878 g/mol. The molecule has 13 rings (SSSR count). The van der Waals surface area contributed by atoms with Gasteiger partial charge in [-0.1, -0.05) is 129 Å². The highest BCUT2D eigenvalue weighted by atomic mass is 19.4. The van der Waals surface area contributed by atoms with E-state index in [1.54, 1.807) is 12.1 Å². The number of imidazole rings is 1. The highest BCUT2D eigenvalue weighted by Gasteiger charge is 2.35. The molecule has 9 heteroatoms. The molecule has 13 aromatic rings. The van der Waals surface area contributed by atoms with Gasteiger partial charge < -0.3 is 9.40 Å². The molecular weight excluding hydrogens is 840 g/mol. The lowest BCUT2D eigenvalue weighted by Gasteiger charge is -2.28. The number of hydrogen-bond acceptors (Lipinski definition) is 3. The first kappa shape index (κ1) is 39.0. The van der Waals surface area contributed by atoms with E-state index in [0.29, 0.717) is 27.8 Å².